The van der Waals surface area contributed by atoms with Gasteiger partial charge in [-0.15, -0.1) is 0 Å². The fourth-order valence-electron chi connectivity index (χ4n) is 1.98. The molecule has 0 aromatic carbocycles. The zero-order valence-electron chi connectivity index (χ0n) is 13.9. The first-order valence-electron chi connectivity index (χ1n) is 8.06. The third-order valence-corrected chi connectivity index (χ3v) is 3.31. The van der Waals surface area contributed by atoms with E-state index < -0.39 is 0 Å². The van der Waals surface area contributed by atoms with Crippen molar-refractivity contribution >= 4 is 5.82 Å². The van der Waals surface area contributed by atoms with Gasteiger partial charge in [-0.3, -0.25) is 0 Å². The molecule has 120 valence electrons. The number of nitrogens with one attached hydrogen (secondary N) is 1. The minimum atomic E-state index is 0.497. The van der Waals surface area contributed by atoms with Gasteiger partial charge in [0.1, 0.15) is 12.1 Å². The smallest absolute Gasteiger partial charge is 0.218 e. The van der Waals surface area contributed by atoms with Crippen LogP contribution in [0.5, 0.6) is 5.88 Å². The van der Waals surface area contributed by atoms with Crippen molar-refractivity contribution in [3.63, 3.8) is 0 Å². The van der Waals surface area contributed by atoms with Crippen molar-refractivity contribution in [3.05, 3.63) is 12.4 Å². The summed E-state index contributed by atoms with van der Waals surface area (Å²) in [6.07, 6.45) is 3.90. The maximum absolute atomic E-state index is 5.60. The second-order valence-corrected chi connectivity index (χ2v) is 5.61. The molecule has 0 saturated heterocycles. The van der Waals surface area contributed by atoms with E-state index in [0.717, 1.165) is 31.9 Å². The molecule has 0 spiro atoms. The summed E-state index contributed by atoms with van der Waals surface area (Å²) in [4.78, 5) is 10.8. The average Bonchev–Trinajstić information content (AvgIpc) is 2.49. The van der Waals surface area contributed by atoms with Crippen LogP contribution in [0.3, 0.4) is 0 Å². The van der Waals surface area contributed by atoms with Crippen LogP contribution >= 0.6 is 0 Å². The summed E-state index contributed by atoms with van der Waals surface area (Å²) in [5.41, 5.74) is 0. The zero-order valence-corrected chi connectivity index (χ0v) is 13.9. The van der Waals surface area contributed by atoms with Crippen LogP contribution in [-0.4, -0.2) is 47.7 Å². The van der Waals surface area contributed by atoms with Crippen LogP contribution in [0.15, 0.2) is 12.4 Å². The SMILES string of the molecule is CCN(CC)CCCCNc1cc(OCC(C)C)ncn1. The molecule has 0 bridgehead atoms. The molecule has 0 unspecified atom stereocenters. The Morgan fingerprint density at radius 3 is 2.62 bits per heavy atom. The van der Waals surface area contributed by atoms with Crippen molar-refractivity contribution in [2.24, 2.45) is 5.92 Å². The zero-order chi connectivity index (χ0) is 15.5. The fraction of sp³-hybridized carbons (Fsp3) is 0.750. The lowest BCUT2D eigenvalue weighted by Crippen LogP contribution is -2.24. The molecule has 0 aliphatic rings. The second kappa shape index (κ2) is 10.4. The number of anilines is 1. The highest BCUT2D eigenvalue weighted by atomic mass is 16.5. The first-order valence-corrected chi connectivity index (χ1v) is 8.06. The molecule has 0 saturated carbocycles. The molecule has 0 amide bonds. The largest absolute Gasteiger partial charge is 0.477 e. The molecule has 0 aliphatic heterocycles. The van der Waals surface area contributed by atoms with Gasteiger partial charge in [0, 0.05) is 12.6 Å². The summed E-state index contributed by atoms with van der Waals surface area (Å²) in [5, 5.41) is 3.33. The number of hydrogen-bond acceptors (Lipinski definition) is 5. The maximum Gasteiger partial charge on any atom is 0.218 e. The van der Waals surface area contributed by atoms with Crippen LogP contribution in [0.2, 0.25) is 0 Å². The third-order valence-electron chi connectivity index (χ3n) is 3.31. The van der Waals surface area contributed by atoms with Gasteiger partial charge in [-0.1, -0.05) is 27.7 Å². The molecular weight excluding hydrogens is 264 g/mol. The number of rotatable bonds is 11. The highest BCUT2D eigenvalue weighted by Crippen LogP contribution is 2.12. The Labute approximate surface area is 129 Å². The highest BCUT2D eigenvalue weighted by Gasteiger charge is 2.02. The van der Waals surface area contributed by atoms with Crippen LogP contribution in [0.25, 0.3) is 0 Å². The number of nitrogens with zero attached hydrogens (tertiary/aromatic N) is 3. The second-order valence-electron chi connectivity index (χ2n) is 5.61. The van der Waals surface area contributed by atoms with Gasteiger partial charge in [0.25, 0.3) is 0 Å². The van der Waals surface area contributed by atoms with E-state index in [-0.39, 0.29) is 0 Å². The van der Waals surface area contributed by atoms with Crippen molar-refractivity contribution < 1.29 is 4.74 Å². The first-order chi connectivity index (χ1) is 10.2. The van der Waals surface area contributed by atoms with E-state index in [1.807, 2.05) is 6.07 Å². The predicted octanol–water partition coefficient (Wildman–Crippen LogP) is 3.05. The Morgan fingerprint density at radius 1 is 1.19 bits per heavy atom. The molecule has 1 aromatic heterocycles. The number of unbranched alkanes of at least 4 members (excludes halogenated alkanes) is 1. The summed E-state index contributed by atoms with van der Waals surface area (Å²) < 4.78 is 5.60. The van der Waals surface area contributed by atoms with Crippen LogP contribution < -0.4 is 10.1 Å². The van der Waals surface area contributed by atoms with E-state index in [4.69, 9.17) is 4.74 Å². The molecule has 21 heavy (non-hydrogen) atoms. The fourth-order valence-corrected chi connectivity index (χ4v) is 1.98. The lowest BCUT2D eigenvalue weighted by molar-refractivity contribution is 0.261. The van der Waals surface area contributed by atoms with E-state index >= 15 is 0 Å². The first kappa shape index (κ1) is 17.7. The molecule has 0 atom stereocenters. The number of hydrogen-bond donors (Lipinski definition) is 1. The molecule has 0 aliphatic carbocycles. The van der Waals surface area contributed by atoms with Gasteiger partial charge < -0.3 is 15.0 Å². The van der Waals surface area contributed by atoms with Crippen LogP contribution in [0.4, 0.5) is 5.82 Å². The van der Waals surface area contributed by atoms with Gasteiger partial charge in [-0.2, -0.15) is 0 Å². The summed E-state index contributed by atoms with van der Waals surface area (Å²) in [6.45, 7) is 13.7. The molecule has 1 N–H and O–H groups in total. The van der Waals surface area contributed by atoms with E-state index in [1.54, 1.807) is 6.33 Å². The maximum atomic E-state index is 5.60. The lowest BCUT2D eigenvalue weighted by Gasteiger charge is -2.17. The average molecular weight is 294 g/mol. The standard InChI is InChI=1S/C16H30N4O/c1-5-20(6-2)10-8-7-9-17-15-11-16(19-13-18-15)21-12-14(3)4/h11,13-14H,5-10,12H2,1-4H3,(H,17,18,19). The van der Waals surface area contributed by atoms with Gasteiger partial charge in [0.15, 0.2) is 0 Å². The van der Waals surface area contributed by atoms with Crippen LogP contribution in [0, 0.1) is 5.92 Å². The van der Waals surface area contributed by atoms with Crippen LogP contribution in [-0.2, 0) is 0 Å². The topological polar surface area (TPSA) is 50.3 Å². The molecule has 0 radical (unpaired) electrons. The van der Waals surface area contributed by atoms with Crippen molar-refractivity contribution in [2.75, 3.05) is 38.1 Å². The Morgan fingerprint density at radius 2 is 1.95 bits per heavy atom. The molecule has 5 heteroatoms. The minimum Gasteiger partial charge on any atom is -0.477 e. The molecular formula is C16H30N4O. The minimum absolute atomic E-state index is 0.497. The van der Waals surface area contributed by atoms with E-state index in [9.17, 15) is 0 Å². The number of aromatic nitrogens is 2. The molecule has 0 fully saturated rings. The van der Waals surface area contributed by atoms with Crippen molar-refractivity contribution in [1.82, 2.24) is 14.9 Å². The molecule has 1 aromatic rings. The van der Waals surface area contributed by atoms with Gasteiger partial charge in [0.05, 0.1) is 6.61 Å². The number of ether oxygens (including phenoxy) is 1. The van der Waals surface area contributed by atoms with E-state index in [2.05, 4.69) is 47.9 Å². The van der Waals surface area contributed by atoms with Gasteiger partial charge in [-0.25, -0.2) is 9.97 Å². The molecule has 1 rings (SSSR count). The lowest BCUT2D eigenvalue weighted by atomic mass is 10.2. The van der Waals surface area contributed by atoms with Crippen molar-refractivity contribution in [2.45, 2.75) is 40.5 Å². The van der Waals surface area contributed by atoms with Crippen molar-refractivity contribution in [1.29, 1.82) is 0 Å². The predicted molar refractivity (Wildman–Crippen MR) is 87.9 cm³/mol. The van der Waals surface area contributed by atoms with E-state index in [1.165, 1.54) is 13.0 Å². The quantitative estimate of drug-likeness (QED) is 0.636. The van der Waals surface area contributed by atoms with Crippen LogP contribution in [0.1, 0.15) is 40.5 Å². The third kappa shape index (κ3) is 7.85. The normalized spacial score (nSPS) is 11.1. The molecule has 5 nitrogen and oxygen atoms in total. The summed E-state index contributed by atoms with van der Waals surface area (Å²) in [5.74, 6) is 1.98. The Bertz CT molecular complexity index is 380. The van der Waals surface area contributed by atoms with Gasteiger partial charge in [0.2, 0.25) is 5.88 Å². The van der Waals surface area contributed by atoms with Gasteiger partial charge in [-0.05, 0) is 38.4 Å². The van der Waals surface area contributed by atoms with Gasteiger partial charge >= 0.3 is 0 Å². The Kier molecular flexibility index (Phi) is 8.74. The molecule has 1 heterocycles. The monoisotopic (exact) mass is 294 g/mol. The summed E-state index contributed by atoms with van der Waals surface area (Å²) >= 11 is 0. The Hall–Kier alpha value is -1.36. The van der Waals surface area contributed by atoms with E-state index in [0.29, 0.717) is 18.4 Å². The summed E-state index contributed by atoms with van der Waals surface area (Å²) in [7, 11) is 0. The highest BCUT2D eigenvalue weighted by molar-refractivity contribution is 5.36. The Balaban J connectivity index is 2.24. The van der Waals surface area contributed by atoms with Crippen molar-refractivity contribution in [3.8, 4) is 5.88 Å². The summed E-state index contributed by atoms with van der Waals surface area (Å²) in [6, 6.07) is 1.87.